The molecular formula is C33H36N6O6. The second kappa shape index (κ2) is 12.0. The van der Waals surface area contributed by atoms with E-state index in [9.17, 15) is 19.5 Å². The van der Waals surface area contributed by atoms with Gasteiger partial charge in [-0.15, -0.1) is 0 Å². The van der Waals surface area contributed by atoms with Crippen LogP contribution in [0.4, 0.5) is 5.69 Å². The van der Waals surface area contributed by atoms with Gasteiger partial charge in [0.2, 0.25) is 11.6 Å². The maximum atomic E-state index is 13.1. The molecule has 0 saturated carbocycles. The quantitative estimate of drug-likeness (QED) is 0.286. The van der Waals surface area contributed by atoms with Gasteiger partial charge in [0.05, 0.1) is 38.2 Å². The van der Waals surface area contributed by atoms with Crippen molar-refractivity contribution in [1.82, 2.24) is 24.6 Å². The number of benzene rings is 2. The van der Waals surface area contributed by atoms with E-state index in [1.807, 2.05) is 44.2 Å². The van der Waals surface area contributed by atoms with E-state index < -0.39 is 23.3 Å². The maximum Gasteiger partial charge on any atom is 0.346 e. The van der Waals surface area contributed by atoms with Gasteiger partial charge >= 0.3 is 5.69 Å². The smallest absolute Gasteiger partial charge is 0.346 e. The van der Waals surface area contributed by atoms with E-state index in [1.54, 1.807) is 13.2 Å². The third-order valence-corrected chi connectivity index (χ3v) is 8.84. The lowest BCUT2D eigenvalue weighted by Crippen LogP contribution is -2.43. The number of nitrogens with one attached hydrogen (secondary N) is 2. The van der Waals surface area contributed by atoms with Gasteiger partial charge in [-0.3, -0.25) is 14.2 Å². The van der Waals surface area contributed by atoms with E-state index in [2.05, 4.69) is 21.8 Å². The third-order valence-electron chi connectivity index (χ3n) is 8.84. The molecule has 1 aliphatic heterocycles. The molecule has 2 aromatic carbocycles. The molecule has 4 aromatic rings. The Kier molecular flexibility index (Phi) is 8.12. The molecule has 1 amide bonds. The summed E-state index contributed by atoms with van der Waals surface area (Å²) in [6, 6.07) is 13.6. The predicted molar refractivity (Wildman–Crippen MR) is 169 cm³/mol. The molecule has 2 aromatic heterocycles. The van der Waals surface area contributed by atoms with E-state index in [-0.39, 0.29) is 17.8 Å². The number of carbonyl (C=O) groups is 1. The molecule has 45 heavy (non-hydrogen) atoms. The van der Waals surface area contributed by atoms with E-state index in [4.69, 9.17) is 14.5 Å². The summed E-state index contributed by atoms with van der Waals surface area (Å²) in [5.41, 5.74) is 6.39. The summed E-state index contributed by atoms with van der Waals surface area (Å²) in [6.45, 7) is 4.75. The number of aliphatic hydroxyl groups is 1. The zero-order chi connectivity index (χ0) is 32.0. The average molecular weight is 613 g/mol. The van der Waals surface area contributed by atoms with Gasteiger partial charge in [-0.05, 0) is 66.6 Å². The largest absolute Gasteiger partial charge is 0.481 e. The first-order valence-electron chi connectivity index (χ1n) is 14.8. The molecule has 3 N–H and O–H groups in total. The fraction of sp³-hybridized carbons (Fsp3) is 0.364. The highest BCUT2D eigenvalue weighted by molar-refractivity contribution is 6.03. The summed E-state index contributed by atoms with van der Waals surface area (Å²) in [5.74, 6) is -0.135. The number of amides is 1. The highest BCUT2D eigenvalue weighted by Crippen LogP contribution is 2.41. The minimum Gasteiger partial charge on any atom is -0.481 e. The molecule has 2 aliphatic rings. The molecule has 0 unspecified atom stereocenters. The van der Waals surface area contributed by atoms with Crippen molar-refractivity contribution >= 4 is 11.6 Å². The van der Waals surface area contributed by atoms with Gasteiger partial charge in [-0.25, -0.2) is 14.5 Å². The van der Waals surface area contributed by atoms with E-state index in [0.717, 1.165) is 66.7 Å². The summed E-state index contributed by atoms with van der Waals surface area (Å²) < 4.78 is 13.0. The zero-order valence-corrected chi connectivity index (χ0v) is 25.9. The summed E-state index contributed by atoms with van der Waals surface area (Å²) in [6.07, 6.45) is 1.19. The Morgan fingerprint density at radius 3 is 2.47 bits per heavy atom. The SMILES string of the molecule is COc1nc(-c2cccc(-c3cccc(NC(=O)c4nn(C)c(=O)n(C)c4=O)c3C)c2C)cc2c1[C@@H](N[C@@H]1COC[C@H]1O)CC2. The topological polar surface area (TPSA) is 150 Å². The highest BCUT2D eigenvalue weighted by atomic mass is 16.5. The standard InChI is InChI=1S/C33H36N6O6/c1-17-20(21-9-7-11-23(18(21)2)35-30(41)29-32(42)38(3)33(43)39(4)37-29)8-6-10-22(17)25-14-19-12-13-24(28(19)31(36-25)44-5)34-26-15-45-16-27(26)40/h6-11,14,24,26-27,34,40H,12-13,15-16H2,1-5H3,(H,35,41)/t24-,26+,27+/m0/s1. The molecule has 3 atom stereocenters. The molecular weight excluding hydrogens is 576 g/mol. The lowest BCUT2D eigenvalue weighted by molar-refractivity contribution is 0.101. The predicted octanol–water partition coefficient (Wildman–Crippen LogP) is 2.42. The first-order chi connectivity index (χ1) is 21.6. The molecule has 3 heterocycles. The number of aryl methyl sites for hydroxylation is 2. The molecule has 1 aliphatic carbocycles. The minimum atomic E-state index is -0.766. The molecule has 12 nitrogen and oxygen atoms in total. The van der Waals surface area contributed by atoms with Gasteiger partial charge in [0.1, 0.15) is 0 Å². The first-order valence-corrected chi connectivity index (χ1v) is 14.8. The van der Waals surface area contributed by atoms with Gasteiger partial charge in [-0.1, -0.05) is 30.3 Å². The number of nitrogens with zero attached hydrogens (tertiary/aromatic N) is 4. The number of anilines is 1. The number of aromatic nitrogens is 4. The number of fused-ring (bicyclic) bond motifs is 1. The van der Waals surface area contributed by atoms with E-state index in [1.165, 1.54) is 14.1 Å². The van der Waals surface area contributed by atoms with Crippen LogP contribution in [0.25, 0.3) is 22.4 Å². The first kappa shape index (κ1) is 30.4. The molecule has 234 valence electrons. The molecule has 1 saturated heterocycles. The fourth-order valence-corrected chi connectivity index (χ4v) is 6.32. The lowest BCUT2D eigenvalue weighted by Gasteiger charge is -2.22. The number of hydrogen-bond acceptors (Lipinski definition) is 9. The molecule has 0 bridgehead atoms. The Morgan fingerprint density at radius 2 is 1.76 bits per heavy atom. The van der Waals surface area contributed by atoms with Crippen LogP contribution in [0.2, 0.25) is 0 Å². The Bertz CT molecular complexity index is 1930. The zero-order valence-electron chi connectivity index (χ0n) is 25.9. The third kappa shape index (κ3) is 5.45. The molecule has 1 fully saturated rings. The van der Waals surface area contributed by atoms with Crippen molar-refractivity contribution in [2.24, 2.45) is 14.1 Å². The number of aliphatic hydroxyl groups excluding tert-OH is 1. The fourth-order valence-electron chi connectivity index (χ4n) is 6.32. The van der Waals surface area contributed by atoms with Crippen molar-refractivity contribution in [2.45, 2.75) is 44.9 Å². The summed E-state index contributed by atoms with van der Waals surface area (Å²) in [7, 11) is 4.32. The van der Waals surface area contributed by atoms with Crippen LogP contribution >= 0.6 is 0 Å². The highest BCUT2D eigenvalue weighted by Gasteiger charge is 2.34. The van der Waals surface area contributed by atoms with Crippen LogP contribution in [0.5, 0.6) is 5.88 Å². The van der Waals surface area contributed by atoms with Crippen molar-refractivity contribution in [3.63, 3.8) is 0 Å². The Hall–Kier alpha value is -4.65. The minimum absolute atomic E-state index is 0.0158. The summed E-state index contributed by atoms with van der Waals surface area (Å²) >= 11 is 0. The second-order valence-corrected chi connectivity index (χ2v) is 11.6. The number of rotatable bonds is 7. The van der Waals surface area contributed by atoms with Gasteiger partial charge in [0.15, 0.2) is 0 Å². The van der Waals surface area contributed by atoms with Crippen LogP contribution in [-0.4, -0.2) is 62.8 Å². The summed E-state index contributed by atoms with van der Waals surface area (Å²) in [5, 5.41) is 20.5. The lowest BCUT2D eigenvalue weighted by atomic mass is 9.91. The Balaban J connectivity index is 1.32. The normalized spacial score (nSPS) is 19.0. The monoisotopic (exact) mass is 612 g/mol. The number of pyridine rings is 1. The van der Waals surface area contributed by atoms with Crippen LogP contribution < -0.4 is 26.6 Å². The van der Waals surface area contributed by atoms with Crippen molar-refractivity contribution in [2.75, 3.05) is 25.6 Å². The van der Waals surface area contributed by atoms with Crippen LogP contribution in [0, 0.1) is 13.8 Å². The van der Waals surface area contributed by atoms with Crippen LogP contribution in [0.15, 0.2) is 52.1 Å². The van der Waals surface area contributed by atoms with Crippen LogP contribution in [0.3, 0.4) is 0 Å². The van der Waals surface area contributed by atoms with E-state index >= 15 is 0 Å². The Labute approximate surface area is 259 Å². The second-order valence-electron chi connectivity index (χ2n) is 11.6. The molecule has 12 heteroatoms. The molecule has 0 spiro atoms. The van der Waals surface area contributed by atoms with Crippen molar-refractivity contribution in [3.8, 4) is 28.3 Å². The average Bonchev–Trinajstić information content (AvgIpc) is 3.64. The van der Waals surface area contributed by atoms with E-state index in [0.29, 0.717) is 24.8 Å². The van der Waals surface area contributed by atoms with Gasteiger partial charge in [-0.2, -0.15) is 5.10 Å². The molecule has 6 rings (SSSR count). The van der Waals surface area contributed by atoms with Crippen molar-refractivity contribution in [1.29, 1.82) is 0 Å². The maximum absolute atomic E-state index is 13.1. The van der Waals surface area contributed by atoms with Crippen LogP contribution in [-0.2, 0) is 25.3 Å². The molecule has 0 radical (unpaired) electrons. The van der Waals surface area contributed by atoms with Crippen molar-refractivity contribution < 1.29 is 19.4 Å². The Morgan fingerprint density at radius 1 is 1.04 bits per heavy atom. The van der Waals surface area contributed by atoms with Gasteiger partial charge in [0, 0.05) is 37.0 Å². The number of ether oxygens (including phenoxy) is 2. The number of carbonyl (C=O) groups excluding carboxylic acids is 1. The van der Waals surface area contributed by atoms with Crippen molar-refractivity contribution in [3.05, 3.63) is 91.3 Å². The summed E-state index contributed by atoms with van der Waals surface area (Å²) in [4.78, 5) is 42.6. The number of hydrogen-bond donors (Lipinski definition) is 3. The number of methoxy groups -OCH3 is 1. The van der Waals surface area contributed by atoms with Gasteiger partial charge in [0.25, 0.3) is 11.5 Å². The van der Waals surface area contributed by atoms with Crippen LogP contribution in [0.1, 0.15) is 45.2 Å². The van der Waals surface area contributed by atoms with Gasteiger partial charge < -0.3 is 25.2 Å².